The summed E-state index contributed by atoms with van der Waals surface area (Å²) in [6.07, 6.45) is 0. The van der Waals surface area contributed by atoms with Crippen LogP contribution in [0.25, 0.3) is 0 Å². The quantitative estimate of drug-likeness (QED) is 0.773. The summed E-state index contributed by atoms with van der Waals surface area (Å²) in [6, 6.07) is 0.539. The minimum Gasteiger partial charge on any atom is -0.353 e. The molecule has 1 aromatic rings. The standard InChI is InChI=1S/C11H22N4S2/c1-6-12-9(8(2)3)7-16-11-14-13-10(17-11)15(4)5/h8-9,12H,6-7H2,1-5H3. The molecule has 98 valence electrons. The number of nitrogens with one attached hydrogen (secondary N) is 1. The van der Waals surface area contributed by atoms with E-state index in [2.05, 4.69) is 36.3 Å². The molecule has 0 amide bonds. The van der Waals surface area contributed by atoms with E-state index < -0.39 is 0 Å². The van der Waals surface area contributed by atoms with Crippen LogP contribution in [0.5, 0.6) is 0 Å². The number of hydrogen-bond acceptors (Lipinski definition) is 6. The lowest BCUT2D eigenvalue weighted by molar-refractivity contribution is 0.443. The molecule has 1 heterocycles. The van der Waals surface area contributed by atoms with Crippen LogP contribution < -0.4 is 10.2 Å². The second-order valence-corrected chi connectivity index (χ2v) is 6.69. The second-order valence-electron chi connectivity index (χ2n) is 4.46. The average molecular weight is 274 g/mol. The first-order valence-electron chi connectivity index (χ1n) is 5.91. The first-order chi connectivity index (χ1) is 8.04. The lowest BCUT2D eigenvalue weighted by Crippen LogP contribution is -2.35. The molecule has 0 bridgehead atoms. The molecule has 1 aromatic heterocycles. The van der Waals surface area contributed by atoms with E-state index in [9.17, 15) is 0 Å². The fraction of sp³-hybridized carbons (Fsp3) is 0.818. The fourth-order valence-electron chi connectivity index (χ4n) is 1.35. The average Bonchev–Trinajstić information content (AvgIpc) is 2.72. The van der Waals surface area contributed by atoms with Gasteiger partial charge in [-0.2, -0.15) is 0 Å². The van der Waals surface area contributed by atoms with E-state index in [-0.39, 0.29) is 0 Å². The monoisotopic (exact) mass is 274 g/mol. The van der Waals surface area contributed by atoms with Crippen LogP contribution in [0.15, 0.2) is 4.34 Å². The van der Waals surface area contributed by atoms with Gasteiger partial charge in [0.2, 0.25) is 5.13 Å². The molecule has 0 radical (unpaired) electrons. The predicted molar refractivity (Wildman–Crippen MR) is 77.3 cm³/mol. The minimum absolute atomic E-state index is 0.539. The molecule has 17 heavy (non-hydrogen) atoms. The van der Waals surface area contributed by atoms with Crippen molar-refractivity contribution in [2.45, 2.75) is 31.2 Å². The van der Waals surface area contributed by atoms with Gasteiger partial charge in [0.1, 0.15) is 0 Å². The van der Waals surface area contributed by atoms with Crippen molar-refractivity contribution in [2.24, 2.45) is 5.92 Å². The number of hydrogen-bond donors (Lipinski definition) is 1. The lowest BCUT2D eigenvalue weighted by Gasteiger charge is -2.20. The highest BCUT2D eigenvalue weighted by Gasteiger charge is 2.14. The Balaban J connectivity index is 2.47. The van der Waals surface area contributed by atoms with Gasteiger partial charge in [-0.3, -0.25) is 0 Å². The zero-order valence-corrected chi connectivity index (χ0v) is 12.9. The first kappa shape index (κ1) is 14.7. The maximum absolute atomic E-state index is 4.19. The van der Waals surface area contributed by atoms with Crippen LogP contribution in [0.1, 0.15) is 20.8 Å². The summed E-state index contributed by atoms with van der Waals surface area (Å²) in [7, 11) is 3.98. The summed E-state index contributed by atoms with van der Waals surface area (Å²) in [4.78, 5) is 1.99. The van der Waals surface area contributed by atoms with E-state index in [1.807, 2.05) is 19.0 Å². The summed E-state index contributed by atoms with van der Waals surface area (Å²) >= 11 is 3.44. The van der Waals surface area contributed by atoms with Crippen molar-refractivity contribution < 1.29 is 0 Å². The van der Waals surface area contributed by atoms with E-state index in [0.29, 0.717) is 12.0 Å². The Morgan fingerprint density at radius 1 is 1.35 bits per heavy atom. The molecule has 0 aliphatic carbocycles. The Kier molecular flexibility index (Phi) is 6.22. The summed E-state index contributed by atoms with van der Waals surface area (Å²) in [6.45, 7) is 7.66. The Morgan fingerprint density at radius 3 is 2.53 bits per heavy atom. The molecule has 1 atom stereocenters. The van der Waals surface area contributed by atoms with Crippen LogP contribution in [-0.4, -0.2) is 42.6 Å². The summed E-state index contributed by atoms with van der Waals surface area (Å²) in [5.41, 5.74) is 0. The van der Waals surface area contributed by atoms with Crippen LogP contribution in [0, 0.1) is 5.92 Å². The molecule has 4 nitrogen and oxygen atoms in total. The van der Waals surface area contributed by atoms with Crippen molar-refractivity contribution in [3.63, 3.8) is 0 Å². The van der Waals surface area contributed by atoms with Crippen molar-refractivity contribution in [1.29, 1.82) is 0 Å². The molecular formula is C11H22N4S2. The van der Waals surface area contributed by atoms with Crippen LogP contribution in [0.3, 0.4) is 0 Å². The maximum atomic E-state index is 4.19. The van der Waals surface area contributed by atoms with E-state index in [1.165, 1.54) is 0 Å². The Bertz CT molecular complexity index is 325. The third kappa shape index (κ3) is 4.81. The van der Waals surface area contributed by atoms with Crippen molar-refractivity contribution in [1.82, 2.24) is 15.5 Å². The smallest absolute Gasteiger partial charge is 0.208 e. The van der Waals surface area contributed by atoms with Gasteiger partial charge in [-0.25, -0.2) is 0 Å². The van der Waals surface area contributed by atoms with Crippen LogP contribution >= 0.6 is 23.1 Å². The molecule has 0 aliphatic heterocycles. The van der Waals surface area contributed by atoms with Gasteiger partial charge in [0.15, 0.2) is 4.34 Å². The van der Waals surface area contributed by atoms with E-state index in [0.717, 1.165) is 21.8 Å². The summed E-state index contributed by atoms with van der Waals surface area (Å²) < 4.78 is 1.05. The van der Waals surface area contributed by atoms with Crippen molar-refractivity contribution in [3.05, 3.63) is 0 Å². The molecule has 1 N–H and O–H groups in total. The molecule has 0 aliphatic rings. The van der Waals surface area contributed by atoms with Crippen molar-refractivity contribution in [3.8, 4) is 0 Å². The third-order valence-electron chi connectivity index (χ3n) is 2.44. The van der Waals surface area contributed by atoms with Gasteiger partial charge in [-0.1, -0.05) is 43.9 Å². The summed E-state index contributed by atoms with van der Waals surface area (Å²) in [5.74, 6) is 1.69. The largest absolute Gasteiger partial charge is 0.353 e. The van der Waals surface area contributed by atoms with Gasteiger partial charge in [0, 0.05) is 25.9 Å². The normalized spacial score (nSPS) is 13.1. The Labute approximate surface area is 112 Å². The van der Waals surface area contributed by atoms with E-state index in [1.54, 1.807) is 23.1 Å². The van der Waals surface area contributed by atoms with Crippen molar-refractivity contribution in [2.75, 3.05) is 31.3 Å². The van der Waals surface area contributed by atoms with Gasteiger partial charge in [-0.15, -0.1) is 10.2 Å². The van der Waals surface area contributed by atoms with E-state index >= 15 is 0 Å². The first-order valence-corrected chi connectivity index (χ1v) is 7.71. The van der Waals surface area contributed by atoms with Crippen LogP contribution in [-0.2, 0) is 0 Å². The number of nitrogens with zero attached hydrogens (tertiary/aromatic N) is 3. The molecule has 0 saturated carbocycles. The Morgan fingerprint density at radius 2 is 2.06 bits per heavy atom. The number of anilines is 1. The fourth-order valence-corrected chi connectivity index (χ4v) is 3.44. The second kappa shape index (κ2) is 7.18. The predicted octanol–water partition coefficient (Wildman–Crippen LogP) is 2.33. The highest BCUT2D eigenvalue weighted by Crippen LogP contribution is 2.27. The molecule has 0 fully saturated rings. The number of thioether (sulfide) groups is 1. The molecule has 0 saturated heterocycles. The van der Waals surface area contributed by atoms with Gasteiger partial charge < -0.3 is 10.2 Å². The number of rotatable bonds is 7. The molecule has 6 heteroatoms. The van der Waals surface area contributed by atoms with Crippen LogP contribution in [0.2, 0.25) is 0 Å². The van der Waals surface area contributed by atoms with Gasteiger partial charge in [0.05, 0.1) is 0 Å². The van der Waals surface area contributed by atoms with Gasteiger partial charge in [-0.05, 0) is 12.5 Å². The molecule has 0 spiro atoms. The maximum Gasteiger partial charge on any atom is 0.208 e. The molecule has 1 unspecified atom stereocenters. The minimum atomic E-state index is 0.539. The molecular weight excluding hydrogens is 252 g/mol. The Hall–Kier alpha value is -0.330. The lowest BCUT2D eigenvalue weighted by atomic mass is 10.1. The highest BCUT2D eigenvalue weighted by atomic mass is 32.2. The topological polar surface area (TPSA) is 41.1 Å². The third-order valence-corrected chi connectivity index (χ3v) is 4.78. The van der Waals surface area contributed by atoms with Crippen molar-refractivity contribution >= 4 is 28.2 Å². The molecule has 0 aromatic carbocycles. The summed E-state index contributed by atoms with van der Waals surface area (Å²) in [5, 5.41) is 12.8. The zero-order chi connectivity index (χ0) is 12.8. The van der Waals surface area contributed by atoms with Gasteiger partial charge >= 0.3 is 0 Å². The highest BCUT2D eigenvalue weighted by molar-refractivity contribution is 8.01. The number of aromatic nitrogens is 2. The zero-order valence-electron chi connectivity index (χ0n) is 11.2. The van der Waals surface area contributed by atoms with Crippen LogP contribution in [0.4, 0.5) is 5.13 Å². The molecule has 1 rings (SSSR count). The SMILES string of the molecule is CCNC(CSc1nnc(N(C)C)s1)C(C)C. The van der Waals surface area contributed by atoms with Gasteiger partial charge in [0.25, 0.3) is 0 Å². The van der Waals surface area contributed by atoms with E-state index in [4.69, 9.17) is 0 Å².